The molecule has 1 aromatic rings. The molecule has 0 saturated heterocycles. The van der Waals surface area contributed by atoms with Gasteiger partial charge in [0, 0.05) is 0 Å². The third kappa shape index (κ3) is 2.46. The summed E-state index contributed by atoms with van der Waals surface area (Å²) in [6.45, 7) is 1.83. The second-order valence-corrected chi connectivity index (χ2v) is 3.25. The van der Waals surface area contributed by atoms with E-state index in [0.29, 0.717) is 11.3 Å². The monoisotopic (exact) mass is 207 g/mol. The van der Waals surface area contributed by atoms with Crippen molar-refractivity contribution in [3.05, 3.63) is 29.3 Å². The lowest BCUT2D eigenvalue weighted by atomic mass is 10.0. The van der Waals surface area contributed by atoms with Crippen molar-refractivity contribution >= 4 is 0 Å². The first-order valence-electron chi connectivity index (χ1n) is 4.50. The molecule has 2 atom stereocenters. The Morgan fingerprint density at radius 1 is 1.40 bits per heavy atom. The van der Waals surface area contributed by atoms with Crippen LogP contribution in [-0.2, 0) is 0 Å². The summed E-state index contributed by atoms with van der Waals surface area (Å²) < 4.78 is 5.06. The van der Waals surface area contributed by atoms with E-state index in [2.05, 4.69) is 0 Å². The van der Waals surface area contributed by atoms with Crippen molar-refractivity contribution in [1.82, 2.24) is 0 Å². The van der Waals surface area contributed by atoms with Crippen molar-refractivity contribution in [2.24, 2.45) is 0 Å². The van der Waals surface area contributed by atoms with Crippen molar-refractivity contribution in [3.63, 3.8) is 0 Å². The Hall–Kier alpha value is -1.57. The van der Waals surface area contributed by atoms with Gasteiger partial charge >= 0.3 is 0 Å². The quantitative estimate of drug-likeness (QED) is 0.723. The summed E-state index contributed by atoms with van der Waals surface area (Å²) in [5.74, 6) is 0.706. The zero-order chi connectivity index (χ0) is 11.4. The number of aryl methyl sites for hydroxylation is 1. The highest BCUT2D eigenvalue weighted by Crippen LogP contribution is 2.23. The Morgan fingerprint density at radius 3 is 2.53 bits per heavy atom. The van der Waals surface area contributed by atoms with E-state index in [1.54, 1.807) is 31.4 Å². The molecule has 0 aliphatic heterocycles. The molecular formula is C11H13NO3. The number of benzene rings is 1. The van der Waals surface area contributed by atoms with Crippen LogP contribution in [0.25, 0.3) is 0 Å². The van der Waals surface area contributed by atoms with Gasteiger partial charge in [0.15, 0.2) is 6.10 Å². The molecule has 2 unspecified atom stereocenters. The van der Waals surface area contributed by atoms with Crippen LogP contribution in [0, 0.1) is 18.3 Å². The summed E-state index contributed by atoms with van der Waals surface area (Å²) in [5, 5.41) is 27.2. The van der Waals surface area contributed by atoms with Crippen LogP contribution < -0.4 is 4.74 Å². The number of aliphatic hydroxyl groups excluding tert-OH is 2. The molecule has 1 aromatic carbocycles. The topological polar surface area (TPSA) is 73.5 Å². The zero-order valence-corrected chi connectivity index (χ0v) is 8.64. The Bertz CT molecular complexity index is 384. The van der Waals surface area contributed by atoms with Gasteiger partial charge in [-0.05, 0) is 30.2 Å². The van der Waals surface area contributed by atoms with E-state index in [0.717, 1.165) is 5.56 Å². The summed E-state index contributed by atoms with van der Waals surface area (Å²) in [6, 6.07) is 6.58. The molecule has 0 fully saturated rings. The van der Waals surface area contributed by atoms with Gasteiger partial charge < -0.3 is 14.9 Å². The molecule has 0 aliphatic rings. The molecule has 0 bridgehead atoms. The maximum atomic E-state index is 9.56. The molecule has 0 heterocycles. The molecule has 0 aliphatic carbocycles. The highest BCUT2D eigenvalue weighted by molar-refractivity contribution is 5.37. The lowest BCUT2D eigenvalue weighted by molar-refractivity contribution is 0.0527. The highest BCUT2D eigenvalue weighted by atomic mass is 16.5. The molecule has 15 heavy (non-hydrogen) atoms. The molecule has 0 amide bonds. The second kappa shape index (κ2) is 4.78. The van der Waals surface area contributed by atoms with Gasteiger partial charge in [-0.25, -0.2) is 0 Å². The van der Waals surface area contributed by atoms with Crippen LogP contribution in [0.5, 0.6) is 5.75 Å². The Kier molecular flexibility index (Phi) is 3.67. The van der Waals surface area contributed by atoms with Crippen LogP contribution in [0.4, 0.5) is 0 Å². The first-order chi connectivity index (χ1) is 7.10. The van der Waals surface area contributed by atoms with Crippen molar-refractivity contribution in [2.75, 3.05) is 7.11 Å². The molecule has 4 nitrogen and oxygen atoms in total. The molecule has 0 spiro atoms. The van der Waals surface area contributed by atoms with E-state index < -0.39 is 12.2 Å². The number of nitriles is 1. The van der Waals surface area contributed by atoms with Crippen molar-refractivity contribution < 1.29 is 14.9 Å². The van der Waals surface area contributed by atoms with E-state index in [1.807, 2.05) is 6.92 Å². The largest absolute Gasteiger partial charge is 0.496 e. The molecule has 4 heteroatoms. The van der Waals surface area contributed by atoms with Gasteiger partial charge in [0.25, 0.3) is 0 Å². The van der Waals surface area contributed by atoms with Crippen LogP contribution in [0.3, 0.4) is 0 Å². The van der Waals surface area contributed by atoms with E-state index in [-0.39, 0.29) is 0 Å². The first-order valence-corrected chi connectivity index (χ1v) is 4.50. The number of methoxy groups -OCH3 is 1. The summed E-state index contributed by atoms with van der Waals surface area (Å²) in [7, 11) is 1.56. The number of ether oxygens (including phenoxy) is 1. The fraction of sp³-hybridized carbons (Fsp3) is 0.364. The van der Waals surface area contributed by atoms with Crippen LogP contribution in [0.2, 0.25) is 0 Å². The predicted octanol–water partition coefficient (Wildman–Crippen LogP) is 0.921. The van der Waals surface area contributed by atoms with Gasteiger partial charge in [0.05, 0.1) is 13.2 Å². The van der Waals surface area contributed by atoms with Crippen molar-refractivity contribution in [3.8, 4) is 11.8 Å². The van der Waals surface area contributed by atoms with Gasteiger partial charge in [0.1, 0.15) is 11.9 Å². The standard InChI is InChI=1S/C11H13NO3/c1-7-5-8(3-4-10(7)15-2)11(14)9(13)6-12/h3-5,9,11,13-14H,1-2H3. The number of hydrogen-bond donors (Lipinski definition) is 2. The van der Waals surface area contributed by atoms with Crippen LogP contribution in [-0.4, -0.2) is 23.4 Å². The number of nitrogens with zero attached hydrogens (tertiary/aromatic N) is 1. The summed E-state index contributed by atoms with van der Waals surface area (Å²) in [4.78, 5) is 0. The van der Waals surface area contributed by atoms with Gasteiger partial charge in [-0.15, -0.1) is 0 Å². The molecule has 0 radical (unpaired) electrons. The average Bonchev–Trinajstić information content (AvgIpc) is 2.26. The van der Waals surface area contributed by atoms with Crippen LogP contribution in [0.1, 0.15) is 17.2 Å². The number of hydrogen-bond acceptors (Lipinski definition) is 4. The number of aliphatic hydroxyl groups is 2. The third-order valence-corrected chi connectivity index (χ3v) is 2.19. The summed E-state index contributed by atoms with van der Waals surface area (Å²) in [6.07, 6.45) is -2.59. The van der Waals surface area contributed by atoms with E-state index in [9.17, 15) is 5.11 Å². The molecule has 1 rings (SSSR count). The van der Waals surface area contributed by atoms with Gasteiger partial charge in [0.2, 0.25) is 0 Å². The third-order valence-electron chi connectivity index (χ3n) is 2.19. The Balaban J connectivity index is 2.98. The maximum absolute atomic E-state index is 9.56. The summed E-state index contributed by atoms with van der Waals surface area (Å²) >= 11 is 0. The smallest absolute Gasteiger partial charge is 0.170 e. The zero-order valence-electron chi connectivity index (χ0n) is 8.64. The van der Waals surface area contributed by atoms with Gasteiger partial charge in [-0.1, -0.05) is 6.07 Å². The molecule has 80 valence electrons. The Labute approximate surface area is 88.4 Å². The highest BCUT2D eigenvalue weighted by Gasteiger charge is 2.18. The SMILES string of the molecule is COc1ccc(C(O)C(O)C#N)cc1C. The van der Waals surface area contributed by atoms with Crippen LogP contribution in [0.15, 0.2) is 18.2 Å². The van der Waals surface area contributed by atoms with Gasteiger partial charge in [-0.3, -0.25) is 0 Å². The van der Waals surface area contributed by atoms with Gasteiger partial charge in [-0.2, -0.15) is 5.26 Å². The van der Waals surface area contributed by atoms with Crippen LogP contribution >= 0.6 is 0 Å². The summed E-state index contributed by atoms with van der Waals surface area (Å²) in [5.41, 5.74) is 1.35. The first kappa shape index (κ1) is 11.5. The Morgan fingerprint density at radius 2 is 2.07 bits per heavy atom. The van der Waals surface area contributed by atoms with Crippen molar-refractivity contribution in [1.29, 1.82) is 5.26 Å². The second-order valence-electron chi connectivity index (χ2n) is 3.25. The molecule has 2 N–H and O–H groups in total. The predicted molar refractivity (Wildman–Crippen MR) is 54.3 cm³/mol. The van der Waals surface area contributed by atoms with Crippen molar-refractivity contribution in [2.45, 2.75) is 19.1 Å². The minimum absolute atomic E-state index is 0.502. The fourth-order valence-corrected chi connectivity index (χ4v) is 1.34. The lowest BCUT2D eigenvalue weighted by Gasteiger charge is -2.13. The fourth-order valence-electron chi connectivity index (χ4n) is 1.34. The normalized spacial score (nSPS) is 14.1. The minimum Gasteiger partial charge on any atom is -0.496 e. The number of rotatable bonds is 3. The average molecular weight is 207 g/mol. The molecule has 0 aromatic heterocycles. The maximum Gasteiger partial charge on any atom is 0.170 e. The van der Waals surface area contributed by atoms with E-state index in [4.69, 9.17) is 15.1 Å². The van der Waals surface area contributed by atoms with E-state index >= 15 is 0 Å². The molecular weight excluding hydrogens is 194 g/mol. The van der Waals surface area contributed by atoms with E-state index in [1.165, 1.54) is 0 Å². The molecule has 0 saturated carbocycles. The minimum atomic E-state index is -1.40. The lowest BCUT2D eigenvalue weighted by Crippen LogP contribution is -2.15.